The molecule has 4 heterocycles. The van der Waals surface area contributed by atoms with E-state index in [1.165, 1.54) is 5.56 Å². The van der Waals surface area contributed by atoms with Crippen LogP contribution in [0.15, 0.2) is 191 Å². The Hall–Kier alpha value is -7.83. The highest BCUT2D eigenvalue weighted by Crippen LogP contribution is 2.40. The van der Waals surface area contributed by atoms with Gasteiger partial charge in [-0.1, -0.05) is 115 Å². The van der Waals surface area contributed by atoms with Crippen LogP contribution in [0.2, 0.25) is 0 Å². The van der Waals surface area contributed by atoms with Crippen molar-refractivity contribution in [2.75, 3.05) is 0 Å². The van der Waals surface area contributed by atoms with Gasteiger partial charge in [0.25, 0.3) is 0 Å². The summed E-state index contributed by atoms with van der Waals surface area (Å²) in [6.45, 7) is 0. The average Bonchev–Trinajstić information content (AvgIpc) is 3.95. The Morgan fingerprint density at radius 2 is 0.825 bits per heavy atom. The van der Waals surface area contributed by atoms with Gasteiger partial charge in [-0.05, 0) is 72.3 Å². The molecule has 0 N–H and O–H groups in total. The first-order valence-corrected chi connectivity index (χ1v) is 19.0. The van der Waals surface area contributed by atoms with Crippen LogP contribution in [0.1, 0.15) is 0 Å². The Labute approximate surface area is 325 Å². The number of aromatic nitrogens is 4. The van der Waals surface area contributed by atoms with Crippen molar-refractivity contribution >= 4 is 65.7 Å². The van der Waals surface area contributed by atoms with Gasteiger partial charge in [0.1, 0.15) is 22.3 Å². The van der Waals surface area contributed by atoms with Crippen LogP contribution in [0.3, 0.4) is 0 Å². The smallest absolute Gasteiger partial charge is 0.164 e. The van der Waals surface area contributed by atoms with E-state index in [4.69, 9.17) is 23.8 Å². The van der Waals surface area contributed by atoms with Crippen molar-refractivity contribution in [1.29, 1.82) is 0 Å². The molecule has 0 spiro atoms. The minimum Gasteiger partial charge on any atom is -0.456 e. The second-order valence-corrected chi connectivity index (χ2v) is 14.4. The third-order valence-electron chi connectivity index (χ3n) is 11.1. The van der Waals surface area contributed by atoms with Gasteiger partial charge >= 0.3 is 0 Å². The van der Waals surface area contributed by atoms with Crippen molar-refractivity contribution in [2.45, 2.75) is 0 Å². The maximum atomic E-state index is 6.30. The number of rotatable bonds is 5. The van der Waals surface area contributed by atoms with Gasteiger partial charge in [0.2, 0.25) is 0 Å². The van der Waals surface area contributed by atoms with Crippen molar-refractivity contribution in [3.8, 4) is 51.0 Å². The summed E-state index contributed by atoms with van der Waals surface area (Å²) in [6, 6.07) is 62.8. The first kappa shape index (κ1) is 31.5. The summed E-state index contributed by atoms with van der Waals surface area (Å²) < 4.78 is 15.0. The fraction of sp³-hybridized carbons (Fsp3) is 0. The molecule has 0 unspecified atom stereocenters. The summed E-state index contributed by atoms with van der Waals surface area (Å²) in [7, 11) is 0. The Morgan fingerprint density at radius 1 is 0.333 bits per heavy atom. The highest BCUT2D eigenvalue weighted by molar-refractivity contribution is 6.15. The molecule has 6 nitrogen and oxygen atoms in total. The predicted octanol–water partition coefficient (Wildman–Crippen LogP) is 13.4. The van der Waals surface area contributed by atoms with E-state index < -0.39 is 0 Å². The summed E-state index contributed by atoms with van der Waals surface area (Å²) in [6.07, 6.45) is 0. The van der Waals surface area contributed by atoms with Gasteiger partial charge in [-0.3, -0.25) is 0 Å². The standard InChI is InChI=1S/C51H30N4O2/c1-3-12-31(13-4-1)36-18-11-19-41-42-28-32(24-27-43(42)55(48(36)41)35-14-5-2-6-15-35)49-52-50(33-22-25-39-37-16-7-9-20-44(37)56-46(39)29-33)54-51(53-49)34-23-26-40-38-17-8-10-21-45(38)57-47(40)30-34/h1-30H. The third-order valence-corrected chi connectivity index (χ3v) is 11.1. The van der Waals surface area contributed by atoms with E-state index in [0.717, 1.165) is 93.6 Å². The number of hydrogen-bond acceptors (Lipinski definition) is 5. The van der Waals surface area contributed by atoms with Gasteiger partial charge < -0.3 is 13.4 Å². The zero-order valence-corrected chi connectivity index (χ0v) is 30.4. The van der Waals surface area contributed by atoms with Gasteiger partial charge in [-0.25, -0.2) is 15.0 Å². The second kappa shape index (κ2) is 12.3. The molecule has 57 heavy (non-hydrogen) atoms. The van der Waals surface area contributed by atoms with Crippen LogP contribution in [0.4, 0.5) is 0 Å². The fourth-order valence-electron chi connectivity index (χ4n) is 8.40. The van der Waals surface area contributed by atoms with E-state index in [1.54, 1.807) is 0 Å². The molecule has 8 aromatic carbocycles. The summed E-state index contributed by atoms with van der Waals surface area (Å²) in [5, 5.41) is 6.52. The Bertz CT molecular complexity index is 3390. The van der Waals surface area contributed by atoms with E-state index in [1.807, 2.05) is 48.5 Å². The first-order chi connectivity index (χ1) is 28.2. The number of furan rings is 2. The lowest BCUT2D eigenvalue weighted by Gasteiger charge is -2.12. The zero-order valence-electron chi connectivity index (χ0n) is 30.4. The maximum absolute atomic E-state index is 6.30. The number of fused-ring (bicyclic) bond motifs is 9. The fourth-order valence-corrected chi connectivity index (χ4v) is 8.40. The molecule has 4 aromatic heterocycles. The molecule has 0 saturated carbocycles. The monoisotopic (exact) mass is 730 g/mol. The molecule has 0 fully saturated rings. The number of hydrogen-bond donors (Lipinski definition) is 0. The second-order valence-electron chi connectivity index (χ2n) is 14.4. The van der Waals surface area contributed by atoms with Crippen molar-refractivity contribution in [1.82, 2.24) is 19.5 Å². The molecular weight excluding hydrogens is 701 g/mol. The molecular formula is C51H30N4O2. The SMILES string of the molecule is c1ccc(-c2cccc3c4cc(-c5nc(-c6ccc7c(c6)oc6ccccc67)nc(-c6ccc7c(c6)oc6ccccc67)n5)ccc4n(-c4ccccc4)c23)cc1. The number of benzene rings is 8. The average molecular weight is 731 g/mol. The van der Waals surface area contributed by atoms with E-state index in [9.17, 15) is 0 Å². The van der Waals surface area contributed by atoms with Crippen LogP contribution < -0.4 is 0 Å². The largest absolute Gasteiger partial charge is 0.456 e. The molecule has 6 heteroatoms. The van der Waals surface area contributed by atoms with Crippen LogP contribution in [0, 0.1) is 0 Å². The molecule has 12 aromatic rings. The van der Waals surface area contributed by atoms with Gasteiger partial charge in [-0.15, -0.1) is 0 Å². The molecule has 266 valence electrons. The molecule has 0 aliphatic carbocycles. The Morgan fingerprint density at radius 3 is 1.44 bits per heavy atom. The highest BCUT2D eigenvalue weighted by atomic mass is 16.3. The van der Waals surface area contributed by atoms with E-state index in [-0.39, 0.29) is 0 Å². The van der Waals surface area contributed by atoms with E-state index in [0.29, 0.717) is 17.5 Å². The molecule has 0 saturated heterocycles. The van der Waals surface area contributed by atoms with Gasteiger partial charge in [0.15, 0.2) is 17.5 Å². The zero-order chi connectivity index (χ0) is 37.5. The van der Waals surface area contributed by atoms with Crippen LogP contribution in [-0.4, -0.2) is 19.5 Å². The van der Waals surface area contributed by atoms with E-state index in [2.05, 4.69) is 138 Å². The minimum atomic E-state index is 0.556. The van der Waals surface area contributed by atoms with Crippen molar-refractivity contribution < 1.29 is 8.83 Å². The lowest BCUT2D eigenvalue weighted by atomic mass is 10.0. The van der Waals surface area contributed by atoms with Crippen molar-refractivity contribution in [2.24, 2.45) is 0 Å². The van der Waals surface area contributed by atoms with E-state index >= 15 is 0 Å². The van der Waals surface area contributed by atoms with Gasteiger partial charge in [0.05, 0.1) is 11.0 Å². The molecule has 12 rings (SSSR count). The van der Waals surface area contributed by atoms with Crippen molar-refractivity contribution in [3.05, 3.63) is 182 Å². The molecule has 0 amide bonds. The molecule has 0 aliphatic rings. The topological polar surface area (TPSA) is 69.9 Å². The molecule has 0 bridgehead atoms. The summed E-state index contributed by atoms with van der Waals surface area (Å²) in [5.74, 6) is 1.69. The minimum absolute atomic E-state index is 0.556. The Balaban J connectivity index is 1.09. The molecule has 0 aliphatic heterocycles. The van der Waals surface area contributed by atoms with Gasteiger partial charge in [-0.2, -0.15) is 0 Å². The number of para-hydroxylation sites is 4. The Kier molecular flexibility index (Phi) is 6.83. The quantitative estimate of drug-likeness (QED) is 0.176. The van der Waals surface area contributed by atoms with Crippen molar-refractivity contribution in [3.63, 3.8) is 0 Å². The van der Waals surface area contributed by atoms with Crippen LogP contribution in [0.25, 0.3) is 117 Å². The number of nitrogens with zero attached hydrogens (tertiary/aromatic N) is 4. The third kappa shape index (κ3) is 5.01. The van der Waals surface area contributed by atoms with Gasteiger partial charge in [0, 0.05) is 60.3 Å². The lowest BCUT2D eigenvalue weighted by Crippen LogP contribution is -2.00. The normalized spacial score (nSPS) is 11.9. The maximum Gasteiger partial charge on any atom is 0.164 e. The van der Waals surface area contributed by atoms with Crippen LogP contribution in [0.5, 0.6) is 0 Å². The molecule has 0 atom stereocenters. The summed E-state index contributed by atoms with van der Waals surface area (Å²) >= 11 is 0. The highest BCUT2D eigenvalue weighted by Gasteiger charge is 2.20. The molecule has 0 radical (unpaired) electrons. The van der Waals surface area contributed by atoms with Crippen LogP contribution >= 0.6 is 0 Å². The first-order valence-electron chi connectivity index (χ1n) is 19.0. The summed E-state index contributed by atoms with van der Waals surface area (Å²) in [4.78, 5) is 15.5. The lowest BCUT2D eigenvalue weighted by molar-refractivity contribution is 0.668. The van der Waals surface area contributed by atoms with Crippen LogP contribution in [-0.2, 0) is 0 Å². The summed E-state index contributed by atoms with van der Waals surface area (Å²) in [5.41, 5.74) is 11.5. The predicted molar refractivity (Wildman–Crippen MR) is 230 cm³/mol.